The summed E-state index contributed by atoms with van der Waals surface area (Å²) in [5.74, 6) is 0. The lowest BCUT2D eigenvalue weighted by Crippen LogP contribution is -2.00. The third-order valence-electron chi connectivity index (χ3n) is 1.34. The maximum Gasteiger partial charge on any atom is 0.273 e. The maximum absolute atomic E-state index is 10.3. The third kappa shape index (κ3) is 1.53. The van der Waals surface area contributed by atoms with Gasteiger partial charge in [-0.1, -0.05) is 0 Å². The Bertz CT molecular complexity index is 273. The van der Waals surface area contributed by atoms with Gasteiger partial charge in [-0.2, -0.15) is 0 Å². The molecule has 1 radical (unpaired) electrons. The van der Waals surface area contributed by atoms with E-state index in [2.05, 4.69) is 6.07 Å². The molecule has 0 saturated carbocycles. The number of benzene rings is 1. The van der Waals surface area contributed by atoms with Crippen LogP contribution in [0.3, 0.4) is 0 Å². The lowest BCUT2D eigenvalue weighted by atomic mass is 10.2. The molecule has 1 rings (SSSR count). The Kier molecular flexibility index (Phi) is 2.18. The molecule has 0 bridgehead atoms. The van der Waals surface area contributed by atoms with Crippen molar-refractivity contribution in [1.29, 1.82) is 0 Å². The van der Waals surface area contributed by atoms with E-state index in [4.69, 9.17) is 5.73 Å². The number of nitro groups is 1. The van der Waals surface area contributed by atoms with Gasteiger partial charge in [-0.3, -0.25) is 10.1 Å². The highest BCUT2D eigenvalue weighted by atomic mass is 16.6. The van der Waals surface area contributed by atoms with Gasteiger partial charge in [0.2, 0.25) is 0 Å². The molecule has 0 fully saturated rings. The van der Waals surface area contributed by atoms with Gasteiger partial charge < -0.3 is 5.73 Å². The number of hydrogen-bond acceptors (Lipinski definition) is 3. The highest BCUT2D eigenvalue weighted by molar-refractivity contribution is 5.38. The van der Waals surface area contributed by atoms with Crippen LogP contribution in [0.1, 0.15) is 5.56 Å². The summed E-state index contributed by atoms with van der Waals surface area (Å²) < 4.78 is 0. The largest absolute Gasteiger partial charge is 0.326 e. The summed E-state index contributed by atoms with van der Waals surface area (Å²) in [5, 5.41) is 10.3. The smallest absolute Gasteiger partial charge is 0.273 e. The molecule has 2 N–H and O–H groups in total. The van der Waals surface area contributed by atoms with Gasteiger partial charge >= 0.3 is 0 Å². The minimum Gasteiger partial charge on any atom is -0.326 e. The molecule has 11 heavy (non-hydrogen) atoms. The van der Waals surface area contributed by atoms with E-state index in [1.165, 1.54) is 18.2 Å². The van der Waals surface area contributed by atoms with Crippen LogP contribution >= 0.6 is 0 Å². The first kappa shape index (κ1) is 7.68. The van der Waals surface area contributed by atoms with Crippen LogP contribution in [-0.2, 0) is 6.54 Å². The topological polar surface area (TPSA) is 69.2 Å². The first-order valence-corrected chi connectivity index (χ1v) is 3.09. The zero-order valence-electron chi connectivity index (χ0n) is 5.78. The Morgan fingerprint density at radius 2 is 2.45 bits per heavy atom. The first-order chi connectivity index (χ1) is 5.25. The quantitative estimate of drug-likeness (QED) is 0.503. The number of rotatable bonds is 2. The van der Waals surface area contributed by atoms with Crippen LogP contribution in [0.25, 0.3) is 0 Å². The fraction of sp³-hybridized carbons (Fsp3) is 0.143. The van der Waals surface area contributed by atoms with Gasteiger partial charge in [0.05, 0.1) is 4.92 Å². The average molecular weight is 151 g/mol. The number of nitrogens with two attached hydrogens (primary N) is 1. The van der Waals surface area contributed by atoms with E-state index in [1.54, 1.807) is 0 Å². The molecule has 0 aliphatic heterocycles. The molecule has 0 unspecified atom stereocenters. The Hall–Kier alpha value is -1.42. The van der Waals surface area contributed by atoms with Crippen molar-refractivity contribution in [2.75, 3.05) is 0 Å². The van der Waals surface area contributed by atoms with Gasteiger partial charge in [0.25, 0.3) is 5.69 Å². The Labute approximate surface area is 63.8 Å². The summed E-state index contributed by atoms with van der Waals surface area (Å²) >= 11 is 0. The molecule has 0 saturated heterocycles. The summed E-state index contributed by atoms with van der Waals surface area (Å²) in [4.78, 5) is 9.87. The van der Waals surface area contributed by atoms with Crippen LogP contribution in [0.5, 0.6) is 0 Å². The third-order valence-corrected chi connectivity index (χ3v) is 1.34. The van der Waals surface area contributed by atoms with Gasteiger partial charge in [0.15, 0.2) is 0 Å². The Morgan fingerprint density at radius 3 is 2.91 bits per heavy atom. The second-order valence-corrected chi connectivity index (χ2v) is 2.02. The zero-order valence-corrected chi connectivity index (χ0v) is 5.78. The van der Waals surface area contributed by atoms with E-state index < -0.39 is 4.92 Å². The number of hydrogen-bond donors (Lipinski definition) is 1. The lowest BCUT2D eigenvalue weighted by molar-refractivity contribution is -0.385. The lowest BCUT2D eigenvalue weighted by Gasteiger charge is -1.96. The van der Waals surface area contributed by atoms with Crippen LogP contribution < -0.4 is 5.73 Å². The average Bonchev–Trinajstić information content (AvgIpc) is 2.04. The van der Waals surface area contributed by atoms with Gasteiger partial charge in [0.1, 0.15) is 0 Å². The predicted octanol–water partition coefficient (Wildman–Crippen LogP) is 0.854. The monoisotopic (exact) mass is 151 g/mol. The van der Waals surface area contributed by atoms with Crippen molar-refractivity contribution < 1.29 is 4.92 Å². The molecule has 0 aliphatic rings. The van der Waals surface area contributed by atoms with Crippen molar-refractivity contribution in [2.45, 2.75) is 6.54 Å². The summed E-state index contributed by atoms with van der Waals surface area (Å²) in [7, 11) is 0. The fourth-order valence-corrected chi connectivity index (χ4v) is 0.798. The van der Waals surface area contributed by atoms with Crippen LogP contribution in [0.15, 0.2) is 18.2 Å². The zero-order chi connectivity index (χ0) is 8.27. The minimum atomic E-state index is -0.448. The van der Waals surface area contributed by atoms with Crippen LogP contribution in [0, 0.1) is 16.2 Å². The van der Waals surface area contributed by atoms with E-state index in [-0.39, 0.29) is 12.2 Å². The fourth-order valence-electron chi connectivity index (χ4n) is 0.798. The molecular weight excluding hydrogens is 144 g/mol. The molecule has 57 valence electrons. The highest BCUT2D eigenvalue weighted by Crippen LogP contribution is 2.15. The van der Waals surface area contributed by atoms with Gasteiger partial charge in [-0.25, -0.2) is 0 Å². The Balaban J connectivity index is 3.12. The molecule has 4 heteroatoms. The van der Waals surface area contributed by atoms with E-state index >= 15 is 0 Å². The molecule has 0 atom stereocenters. The molecular formula is C7H7N2O2. The van der Waals surface area contributed by atoms with Crippen LogP contribution in [-0.4, -0.2) is 4.92 Å². The summed E-state index contributed by atoms with van der Waals surface area (Å²) in [6, 6.07) is 7.14. The molecule has 0 aromatic heterocycles. The van der Waals surface area contributed by atoms with Gasteiger partial charge in [-0.15, -0.1) is 0 Å². The van der Waals surface area contributed by atoms with E-state index in [0.717, 1.165) is 0 Å². The van der Waals surface area contributed by atoms with E-state index in [1.807, 2.05) is 0 Å². The van der Waals surface area contributed by atoms with Crippen molar-refractivity contribution in [3.8, 4) is 0 Å². The molecule has 0 spiro atoms. The second-order valence-electron chi connectivity index (χ2n) is 2.02. The Morgan fingerprint density at radius 1 is 1.73 bits per heavy atom. The molecule has 1 aromatic carbocycles. The normalized spacial score (nSPS) is 9.55. The molecule has 0 heterocycles. The van der Waals surface area contributed by atoms with Crippen molar-refractivity contribution in [3.63, 3.8) is 0 Å². The standard InChI is InChI=1S/C7H7N2O2/c8-5-6-3-1-2-4-7(6)9(10)11/h2-4H,5,8H2. The molecule has 0 amide bonds. The summed E-state index contributed by atoms with van der Waals surface area (Å²) in [5.41, 5.74) is 5.84. The van der Waals surface area contributed by atoms with Crippen molar-refractivity contribution in [3.05, 3.63) is 39.9 Å². The minimum absolute atomic E-state index is 0.0613. The maximum atomic E-state index is 10.3. The van der Waals surface area contributed by atoms with E-state index in [9.17, 15) is 10.1 Å². The molecule has 0 aliphatic carbocycles. The number of nitro benzene ring substituents is 1. The highest BCUT2D eigenvalue weighted by Gasteiger charge is 2.09. The van der Waals surface area contributed by atoms with Gasteiger partial charge in [-0.05, 0) is 18.2 Å². The second kappa shape index (κ2) is 3.12. The first-order valence-electron chi connectivity index (χ1n) is 3.09. The SMILES string of the molecule is NCc1c[c]ccc1[N+](=O)[O-]. The summed E-state index contributed by atoms with van der Waals surface area (Å²) in [6.07, 6.45) is 0. The predicted molar refractivity (Wildman–Crippen MR) is 39.8 cm³/mol. The van der Waals surface area contributed by atoms with Crippen molar-refractivity contribution in [2.24, 2.45) is 5.73 Å². The number of nitrogens with zero attached hydrogens (tertiary/aromatic N) is 1. The summed E-state index contributed by atoms with van der Waals surface area (Å²) in [6.45, 7) is 0.174. The molecule has 4 nitrogen and oxygen atoms in total. The molecule has 1 aromatic rings. The van der Waals surface area contributed by atoms with E-state index in [0.29, 0.717) is 5.56 Å². The van der Waals surface area contributed by atoms with Crippen LogP contribution in [0.4, 0.5) is 5.69 Å². The van der Waals surface area contributed by atoms with Crippen LogP contribution in [0.2, 0.25) is 0 Å². The van der Waals surface area contributed by atoms with Crippen molar-refractivity contribution >= 4 is 5.69 Å². The van der Waals surface area contributed by atoms with Gasteiger partial charge in [0, 0.05) is 18.2 Å². The van der Waals surface area contributed by atoms with Crippen molar-refractivity contribution in [1.82, 2.24) is 0 Å².